The predicted octanol–water partition coefficient (Wildman–Crippen LogP) is 4.17. The van der Waals surface area contributed by atoms with E-state index >= 15 is 0 Å². The highest BCUT2D eigenvalue weighted by molar-refractivity contribution is 7.91. The largest absolute Gasteiger partial charge is 0.472 e. The molecule has 4 aromatic rings. The molecule has 4 atom stereocenters. The Hall–Kier alpha value is -5.44. The molecule has 56 heavy (non-hydrogen) atoms. The summed E-state index contributed by atoms with van der Waals surface area (Å²) in [5.41, 5.74) is 0.856. The highest BCUT2D eigenvalue weighted by Crippen LogP contribution is 2.38. The van der Waals surface area contributed by atoms with Gasteiger partial charge in [-0.15, -0.1) is 0 Å². The fourth-order valence-corrected chi connectivity index (χ4v) is 9.53. The number of sulfonamides is 1. The van der Waals surface area contributed by atoms with Crippen molar-refractivity contribution in [2.75, 3.05) is 6.54 Å². The molecule has 2 bridgehead atoms. The van der Waals surface area contributed by atoms with Crippen molar-refractivity contribution in [1.29, 1.82) is 0 Å². The zero-order valence-electron chi connectivity index (χ0n) is 31.2. The second-order valence-electron chi connectivity index (χ2n) is 15.5. The van der Waals surface area contributed by atoms with Crippen LogP contribution in [-0.2, 0) is 24.4 Å². The number of amides is 4. The lowest BCUT2D eigenvalue weighted by Crippen LogP contribution is -2.62. The van der Waals surface area contributed by atoms with E-state index in [-0.39, 0.29) is 31.5 Å². The molecule has 1 unspecified atom stereocenters. The van der Waals surface area contributed by atoms with Crippen LogP contribution in [0.15, 0.2) is 72.6 Å². The molecular formula is C41H45N7O7S. The van der Waals surface area contributed by atoms with Gasteiger partial charge in [-0.2, -0.15) is 0 Å². The van der Waals surface area contributed by atoms with Crippen LogP contribution in [-0.4, -0.2) is 87.4 Å². The number of hydrogen-bond acceptors (Lipinski definition) is 10. The molecule has 3 fully saturated rings. The highest BCUT2D eigenvalue weighted by atomic mass is 32.2. The van der Waals surface area contributed by atoms with Crippen molar-refractivity contribution < 1.29 is 32.3 Å². The number of aryl methyl sites for hydroxylation is 1. The predicted molar refractivity (Wildman–Crippen MR) is 208 cm³/mol. The Labute approximate surface area is 324 Å². The molecule has 8 rings (SSSR count). The zero-order chi connectivity index (χ0) is 39.0. The van der Waals surface area contributed by atoms with Crippen LogP contribution in [0, 0.1) is 6.92 Å². The fourth-order valence-electron chi connectivity index (χ4n) is 8.15. The molecule has 0 radical (unpaired) electrons. The van der Waals surface area contributed by atoms with Crippen molar-refractivity contribution in [1.82, 2.24) is 35.2 Å². The minimum atomic E-state index is -3.91. The number of carbonyl (C=O) groups is 4. The first kappa shape index (κ1) is 37.5. The Bertz CT molecular complexity index is 2350. The van der Waals surface area contributed by atoms with E-state index < -0.39 is 62.6 Å². The van der Waals surface area contributed by atoms with Gasteiger partial charge < -0.3 is 20.3 Å². The molecule has 2 aliphatic heterocycles. The average molecular weight is 780 g/mol. The van der Waals surface area contributed by atoms with Crippen molar-refractivity contribution >= 4 is 55.3 Å². The van der Waals surface area contributed by atoms with Crippen LogP contribution in [0.5, 0.6) is 5.88 Å². The maximum atomic E-state index is 14.7. The van der Waals surface area contributed by atoms with Crippen molar-refractivity contribution in [3.8, 4) is 5.88 Å². The minimum Gasteiger partial charge on any atom is -0.472 e. The quantitative estimate of drug-likeness (QED) is 0.181. The second-order valence-corrected chi connectivity index (χ2v) is 17.4. The number of rotatable bonds is 7. The van der Waals surface area contributed by atoms with Gasteiger partial charge in [-0.1, -0.05) is 60.9 Å². The third-order valence-electron chi connectivity index (χ3n) is 11.3. The lowest BCUT2D eigenvalue weighted by molar-refractivity contribution is -0.142. The van der Waals surface area contributed by atoms with Crippen molar-refractivity contribution in [3.05, 3.63) is 84.0 Å². The Morgan fingerprint density at radius 2 is 1.71 bits per heavy atom. The van der Waals surface area contributed by atoms with Gasteiger partial charge >= 0.3 is 0 Å². The Kier molecular flexibility index (Phi) is 10.2. The summed E-state index contributed by atoms with van der Waals surface area (Å²) >= 11 is 0. The SMILES string of the molecule is Cc1cnc(C(=O)N[C@H]2CCCCC/C=C3/CCC(C(=O)NS(=O)(=O)C4CC4)(C3)NC(=O)[C@@H]3C[C@@H](Oc4nc5ccccc5c5ccccc45)CN3C2=O)cn1. The Morgan fingerprint density at radius 3 is 2.48 bits per heavy atom. The molecule has 1 saturated heterocycles. The van der Waals surface area contributed by atoms with Gasteiger partial charge in [0.15, 0.2) is 0 Å². The molecular weight excluding hydrogens is 735 g/mol. The molecule has 292 valence electrons. The number of aromatic nitrogens is 3. The maximum absolute atomic E-state index is 14.7. The van der Waals surface area contributed by atoms with Gasteiger partial charge in [0, 0.05) is 29.8 Å². The number of allylic oxidation sites excluding steroid dienone is 1. The van der Waals surface area contributed by atoms with Gasteiger partial charge in [0.2, 0.25) is 27.7 Å². The van der Waals surface area contributed by atoms with E-state index in [0.717, 1.165) is 46.5 Å². The first-order valence-corrected chi connectivity index (χ1v) is 20.9. The van der Waals surface area contributed by atoms with Crippen LogP contribution in [0.2, 0.25) is 0 Å². The molecule has 2 aromatic heterocycles. The number of hydrogen-bond donors (Lipinski definition) is 3. The molecule has 15 heteroatoms. The highest BCUT2D eigenvalue weighted by Gasteiger charge is 2.51. The van der Waals surface area contributed by atoms with Gasteiger partial charge in [-0.05, 0) is 69.4 Å². The third-order valence-corrected chi connectivity index (χ3v) is 13.2. The number of nitrogens with one attached hydrogen (secondary N) is 3. The lowest BCUT2D eigenvalue weighted by atomic mass is 9.95. The zero-order valence-corrected chi connectivity index (χ0v) is 32.0. The summed E-state index contributed by atoms with van der Waals surface area (Å²) in [7, 11) is -3.91. The summed E-state index contributed by atoms with van der Waals surface area (Å²) in [5, 5.41) is 7.87. The monoisotopic (exact) mass is 779 g/mol. The fraction of sp³-hybridized carbons (Fsp3) is 0.439. The van der Waals surface area contributed by atoms with Gasteiger partial charge in [0.25, 0.3) is 11.8 Å². The van der Waals surface area contributed by atoms with Crippen molar-refractivity contribution in [2.45, 2.75) is 107 Å². The standard InChI is InChI=1S/C41H45N7O7S/c1-25-22-43-34(23-42-25)36(49)44-33-15-5-3-2-4-10-26-18-19-41(21-26,40(52)47-56(53,54)28-16-17-28)46-37(50)35-20-27(24-48(35)39(33)51)55-38-31-13-7-6-11-29(31)30-12-8-9-14-32(30)45-38/h6-14,22-23,27-28,33,35H,2-5,15-21,24H2,1H3,(H,44,49)(H,46,50)(H,47,52)/b26-10-/t27-,33+,35+,41?/m1/s1. The van der Waals surface area contributed by atoms with Crippen LogP contribution < -0.4 is 20.1 Å². The summed E-state index contributed by atoms with van der Waals surface area (Å²) in [5.74, 6) is -2.07. The smallest absolute Gasteiger partial charge is 0.272 e. The van der Waals surface area contributed by atoms with Crippen LogP contribution in [0.25, 0.3) is 21.7 Å². The maximum Gasteiger partial charge on any atom is 0.272 e. The van der Waals surface area contributed by atoms with Crippen LogP contribution in [0.3, 0.4) is 0 Å². The summed E-state index contributed by atoms with van der Waals surface area (Å²) in [6.07, 6.45) is 9.36. The van der Waals surface area contributed by atoms with E-state index in [1.807, 2.05) is 48.5 Å². The summed E-state index contributed by atoms with van der Waals surface area (Å²) in [4.78, 5) is 71.4. The third kappa shape index (κ3) is 7.68. The average Bonchev–Trinajstić information content (AvgIpc) is 3.86. The van der Waals surface area contributed by atoms with E-state index in [4.69, 9.17) is 9.72 Å². The topological polar surface area (TPSA) is 190 Å². The molecule has 4 amide bonds. The van der Waals surface area contributed by atoms with E-state index in [1.165, 1.54) is 17.3 Å². The van der Waals surface area contributed by atoms with E-state index in [1.54, 1.807) is 6.92 Å². The number of para-hydroxylation sites is 1. The van der Waals surface area contributed by atoms with Gasteiger partial charge in [-0.3, -0.25) is 28.9 Å². The molecule has 14 nitrogen and oxygen atoms in total. The van der Waals surface area contributed by atoms with E-state index in [9.17, 15) is 27.6 Å². The first-order chi connectivity index (χ1) is 27.0. The second kappa shape index (κ2) is 15.2. The minimum absolute atomic E-state index is 0.00311. The number of nitrogens with zero attached hydrogens (tertiary/aromatic N) is 4. The van der Waals surface area contributed by atoms with Crippen molar-refractivity contribution in [2.24, 2.45) is 0 Å². The van der Waals surface area contributed by atoms with Gasteiger partial charge in [0.05, 0.1) is 29.2 Å². The molecule has 3 N–H and O–H groups in total. The number of carbonyl (C=O) groups excluding carboxylic acids is 4. The summed E-state index contributed by atoms with van der Waals surface area (Å²) in [6.45, 7) is 1.75. The Morgan fingerprint density at radius 1 is 0.946 bits per heavy atom. The normalized spacial score (nSPS) is 25.7. The van der Waals surface area contributed by atoms with Crippen LogP contribution in [0.4, 0.5) is 0 Å². The molecule has 4 aliphatic rings. The number of fused-ring (bicyclic) bond motifs is 6. The van der Waals surface area contributed by atoms with Gasteiger partial charge in [-0.25, -0.2) is 18.4 Å². The summed E-state index contributed by atoms with van der Waals surface area (Å²) < 4.78 is 34.8. The van der Waals surface area contributed by atoms with E-state index in [2.05, 4.69) is 31.4 Å². The lowest BCUT2D eigenvalue weighted by Gasteiger charge is -2.33. The van der Waals surface area contributed by atoms with E-state index in [0.29, 0.717) is 43.7 Å². The number of benzene rings is 2. The number of pyridine rings is 1. The molecule has 2 aliphatic carbocycles. The molecule has 2 aromatic carbocycles. The molecule has 2 saturated carbocycles. The molecule has 0 spiro atoms. The Balaban J connectivity index is 1.14. The van der Waals surface area contributed by atoms with Crippen LogP contribution in [0.1, 0.15) is 86.8 Å². The van der Waals surface area contributed by atoms with Crippen LogP contribution >= 0.6 is 0 Å². The molecule has 4 heterocycles. The van der Waals surface area contributed by atoms with Crippen molar-refractivity contribution in [3.63, 3.8) is 0 Å². The first-order valence-electron chi connectivity index (χ1n) is 19.4. The summed E-state index contributed by atoms with van der Waals surface area (Å²) in [6, 6.07) is 13.4. The number of ether oxygens (including phenoxy) is 1. The van der Waals surface area contributed by atoms with Gasteiger partial charge in [0.1, 0.15) is 29.4 Å².